The summed E-state index contributed by atoms with van der Waals surface area (Å²) in [5.41, 5.74) is 2.38. The number of hydrogen-bond acceptors (Lipinski definition) is 5. The fourth-order valence-electron chi connectivity index (χ4n) is 1.10. The number of rotatable bonds is 7. The summed E-state index contributed by atoms with van der Waals surface area (Å²) in [7, 11) is -1.39. The number of hydrazine groups is 1. The van der Waals surface area contributed by atoms with Crippen LogP contribution in [0.5, 0.6) is 0 Å². The van der Waals surface area contributed by atoms with Crippen molar-refractivity contribution in [1.82, 2.24) is 10.7 Å². The van der Waals surface area contributed by atoms with Gasteiger partial charge in [0.2, 0.25) is 5.96 Å². The average molecular weight is 266 g/mol. The highest BCUT2D eigenvalue weighted by atomic mass is 32.2. The number of nitrogens with one attached hydrogen (secondary N) is 2. The number of nitrogens with zero attached hydrogens (tertiary/aromatic N) is 1. The average Bonchev–Trinajstić information content (AvgIpc) is 2.28. The molecule has 0 saturated heterocycles. The lowest BCUT2D eigenvalue weighted by Crippen LogP contribution is -2.47. The van der Waals surface area contributed by atoms with Gasteiger partial charge >= 0.3 is 0 Å². The summed E-state index contributed by atoms with van der Waals surface area (Å²) >= 11 is 0. The first-order chi connectivity index (χ1) is 7.95. The molecule has 8 heteroatoms. The predicted octanol–water partition coefficient (Wildman–Crippen LogP) is -1.14. The SMILES string of the molecule is CCS(=O)(=O)CCN=C(NN)NC(C)COC. The minimum Gasteiger partial charge on any atom is -0.383 e. The van der Waals surface area contributed by atoms with E-state index in [1.807, 2.05) is 6.92 Å². The van der Waals surface area contributed by atoms with Gasteiger partial charge < -0.3 is 10.1 Å². The molecule has 0 spiro atoms. The van der Waals surface area contributed by atoms with E-state index < -0.39 is 9.84 Å². The van der Waals surface area contributed by atoms with Crippen LogP contribution in [0.15, 0.2) is 4.99 Å². The number of aliphatic imine (C=N–C) groups is 1. The van der Waals surface area contributed by atoms with Crippen molar-refractivity contribution < 1.29 is 13.2 Å². The number of methoxy groups -OCH3 is 1. The molecule has 17 heavy (non-hydrogen) atoms. The normalized spacial score (nSPS) is 14.5. The van der Waals surface area contributed by atoms with E-state index in [0.29, 0.717) is 12.6 Å². The molecule has 7 nitrogen and oxygen atoms in total. The summed E-state index contributed by atoms with van der Waals surface area (Å²) in [5.74, 6) is 5.78. The monoisotopic (exact) mass is 266 g/mol. The Morgan fingerprint density at radius 3 is 2.65 bits per heavy atom. The van der Waals surface area contributed by atoms with E-state index in [1.54, 1.807) is 14.0 Å². The zero-order valence-corrected chi connectivity index (χ0v) is 11.4. The maximum absolute atomic E-state index is 11.2. The van der Waals surface area contributed by atoms with Gasteiger partial charge in [0.05, 0.1) is 18.9 Å². The van der Waals surface area contributed by atoms with E-state index in [0.717, 1.165) is 0 Å². The maximum atomic E-state index is 11.2. The first kappa shape index (κ1) is 16.1. The molecule has 0 bridgehead atoms. The second-order valence-corrected chi connectivity index (χ2v) is 6.08. The molecule has 4 N–H and O–H groups in total. The van der Waals surface area contributed by atoms with Gasteiger partial charge in [-0.25, -0.2) is 14.3 Å². The molecular weight excluding hydrogens is 244 g/mol. The number of guanidine groups is 1. The quantitative estimate of drug-likeness (QED) is 0.233. The third kappa shape index (κ3) is 7.94. The van der Waals surface area contributed by atoms with Gasteiger partial charge in [-0.1, -0.05) is 6.92 Å². The smallest absolute Gasteiger partial charge is 0.206 e. The molecule has 0 amide bonds. The van der Waals surface area contributed by atoms with Gasteiger partial charge in [-0.3, -0.25) is 10.4 Å². The van der Waals surface area contributed by atoms with Crippen LogP contribution < -0.4 is 16.6 Å². The zero-order chi connectivity index (χ0) is 13.3. The molecule has 0 heterocycles. The first-order valence-corrected chi connectivity index (χ1v) is 7.24. The van der Waals surface area contributed by atoms with Crippen molar-refractivity contribution in [3.8, 4) is 0 Å². The number of ether oxygens (including phenoxy) is 1. The summed E-state index contributed by atoms with van der Waals surface area (Å²) in [4.78, 5) is 4.03. The molecule has 1 unspecified atom stereocenters. The first-order valence-electron chi connectivity index (χ1n) is 5.42. The largest absolute Gasteiger partial charge is 0.383 e. The number of hydrogen-bond donors (Lipinski definition) is 3. The molecule has 0 aliphatic carbocycles. The third-order valence-corrected chi connectivity index (χ3v) is 3.73. The van der Waals surface area contributed by atoms with Crippen LogP contribution >= 0.6 is 0 Å². The molecule has 0 aromatic carbocycles. The van der Waals surface area contributed by atoms with Gasteiger partial charge in [0.1, 0.15) is 0 Å². The van der Waals surface area contributed by atoms with Gasteiger partial charge in [-0.05, 0) is 6.92 Å². The molecule has 0 aliphatic rings. The van der Waals surface area contributed by atoms with E-state index in [2.05, 4.69) is 15.7 Å². The molecule has 0 aliphatic heterocycles. The summed E-state index contributed by atoms with van der Waals surface area (Å²) in [6.45, 7) is 4.20. The lowest BCUT2D eigenvalue weighted by atomic mass is 10.4. The van der Waals surface area contributed by atoms with Crippen LogP contribution in [-0.2, 0) is 14.6 Å². The minimum absolute atomic E-state index is 0.0228. The van der Waals surface area contributed by atoms with Crippen LogP contribution in [-0.4, -0.2) is 52.2 Å². The van der Waals surface area contributed by atoms with Crippen LogP contribution in [0.25, 0.3) is 0 Å². The van der Waals surface area contributed by atoms with E-state index in [-0.39, 0.29) is 24.1 Å². The van der Waals surface area contributed by atoms with Crippen molar-refractivity contribution in [2.24, 2.45) is 10.8 Å². The lowest BCUT2D eigenvalue weighted by Gasteiger charge is -2.15. The summed E-state index contributed by atoms with van der Waals surface area (Å²) in [6, 6.07) is 0.0394. The van der Waals surface area contributed by atoms with Crippen molar-refractivity contribution >= 4 is 15.8 Å². The molecular formula is C9H22N4O3S. The van der Waals surface area contributed by atoms with Gasteiger partial charge in [-0.2, -0.15) is 0 Å². The Bertz CT molecular complexity index is 329. The number of nitrogens with two attached hydrogens (primary N) is 1. The van der Waals surface area contributed by atoms with E-state index >= 15 is 0 Å². The molecule has 1 atom stereocenters. The Kier molecular flexibility index (Phi) is 7.85. The van der Waals surface area contributed by atoms with E-state index in [1.165, 1.54) is 0 Å². The Hall–Kier alpha value is -0.860. The van der Waals surface area contributed by atoms with Crippen molar-refractivity contribution in [3.05, 3.63) is 0 Å². The third-order valence-electron chi connectivity index (χ3n) is 2.05. The summed E-state index contributed by atoms with van der Waals surface area (Å²) < 4.78 is 27.4. The van der Waals surface area contributed by atoms with Gasteiger partial charge in [-0.15, -0.1) is 0 Å². The predicted molar refractivity (Wildman–Crippen MR) is 68.4 cm³/mol. The highest BCUT2D eigenvalue weighted by Crippen LogP contribution is 1.89. The lowest BCUT2D eigenvalue weighted by molar-refractivity contribution is 0.179. The highest BCUT2D eigenvalue weighted by molar-refractivity contribution is 7.91. The van der Waals surface area contributed by atoms with Gasteiger partial charge in [0.25, 0.3) is 0 Å². The maximum Gasteiger partial charge on any atom is 0.206 e. The van der Waals surface area contributed by atoms with Crippen molar-refractivity contribution in [2.45, 2.75) is 19.9 Å². The van der Waals surface area contributed by atoms with Crippen LogP contribution in [0.4, 0.5) is 0 Å². The molecule has 0 fully saturated rings. The van der Waals surface area contributed by atoms with Crippen molar-refractivity contribution in [1.29, 1.82) is 0 Å². The van der Waals surface area contributed by atoms with E-state index in [9.17, 15) is 8.42 Å². The Balaban J connectivity index is 4.18. The number of sulfone groups is 1. The second kappa shape index (κ2) is 8.26. The molecule has 0 radical (unpaired) electrons. The molecule has 0 saturated carbocycles. The fourth-order valence-corrected chi connectivity index (χ4v) is 1.76. The van der Waals surface area contributed by atoms with Crippen LogP contribution in [0.2, 0.25) is 0 Å². The Morgan fingerprint density at radius 2 is 2.18 bits per heavy atom. The molecule has 0 rings (SSSR count). The van der Waals surface area contributed by atoms with Crippen LogP contribution in [0.1, 0.15) is 13.8 Å². The van der Waals surface area contributed by atoms with Crippen LogP contribution in [0, 0.1) is 0 Å². The Labute approximate surface area is 103 Å². The summed E-state index contributed by atoms with van der Waals surface area (Å²) in [6.07, 6.45) is 0. The standard InChI is InChI=1S/C9H22N4O3S/c1-4-17(14,15)6-5-11-9(13-10)12-8(2)7-16-3/h8H,4-7,10H2,1-3H3,(H2,11,12,13). The van der Waals surface area contributed by atoms with Crippen LogP contribution in [0.3, 0.4) is 0 Å². The molecule has 0 aromatic heterocycles. The highest BCUT2D eigenvalue weighted by Gasteiger charge is 2.07. The Morgan fingerprint density at radius 1 is 1.53 bits per heavy atom. The van der Waals surface area contributed by atoms with Gasteiger partial charge in [0, 0.05) is 18.9 Å². The van der Waals surface area contributed by atoms with E-state index in [4.69, 9.17) is 10.6 Å². The summed E-state index contributed by atoms with van der Waals surface area (Å²) in [5, 5.41) is 2.97. The topological polar surface area (TPSA) is 106 Å². The minimum atomic E-state index is -2.99. The van der Waals surface area contributed by atoms with Gasteiger partial charge in [0.15, 0.2) is 9.84 Å². The van der Waals surface area contributed by atoms with Crippen molar-refractivity contribution in [2.75, 3.05) is 31.8 Å². The molecule has 0 aromatic rings. The zero-order valence-electron chi connectivity index (χ0n) is 10.6. The second-order valence-electron chi connectivity index (χ2n) is 3.61. The molecule has 102 valence electrons. The van der Waals surface area contributed by atoms with Crippen molar-refractivity contribution in [3.63, 3.8) is 0 Å². The fraction of sp³-hybridized carbons (Fsp3) is 0.889.